The van der Waals surface area contributed by atoms with E-state index in [0.29, 0.717) is 5.75 Å². The van der Waals surface area contributed by atoms with Crippen LogP contribution >= 0.6 is 0 Å². The summed E-state index contributed by atoms with van der Waals surface area (Å²) in [5.74, 6) is 0.414. The van der Waals surface area contributed by atoms with Crippen LogP contribution in [0.4, 0.5) is 0 Å². The van der Waals surface area contributed by atoms with Crippen LogP contribution in [0.15, 0.2) is 53.4 Å². The minimum absolute atomic E-state index is 0.0722. The molecule has 0 heterocycles. The third-order valence-electron chi connectivity index (χ3n) is 3.89. The van der Waals surface area contributed by atoms with Crippen LogP contribution in [0.1, 0.15) is 31.0 Å². The molecular weight excluding hydrogens is 338 g/mol. The molecule has 2 rings (SSSR count). The molecule has 0 fully saturated rings. The highest BCUT2D eigenvalue weighted by molar-refractivity contribution is 7.90. The van der Waals surface area contributed by atoms with Gasteiger partial charge in [-0.15, -0.1) is 0 Å². The molecule has 2 aromatic rings. The van der Waals surface area contributed by atoms with Crippen LogP contribution in [0.5, 0.6) is 5.75 Å². The van der Waals surface area contributed by atoms with E-state index in [1.807, 2.05) is 31.2 Å². The lowest BCUT2D eigenvalue weighted by atomic mass is 10.1. The number of rotatable bonds is 7. The van der Waals surface area contributed by atoms with Crippen molar-refractivity contribution in [3.05, 3.63) is 59.7 Å². The zero-order chi connectivity index (χ0) is 18.4. The fraction of sp³-hybridized carbons (Fsp3) is 0.316. The van der Waals surface area contributed by atoms with Gasteiger partial charge in [0.1, 0.15) is 5.75 Å². The van der Waals surface area contributed by atoms with Gasteiger partial charge in [-0.25, -0.2) is 8.42 Å². The largest absolute Gasteiger partial charge is 0.484 e. The van der Waals surface area contributed by atoms with Gasteiger partial charge in [0.25, 0.3) is 5.91 Å². The lowest BCUT2D eigenvalue weighted by molar-refractivity contribution is -0.123. The number of aryl methyl sites for hydroxylation is 1. The normalized spacial score (nSPS) is 12.4. The second kappa shape index (κ2) is 8.16. The second-order valence-electron chi connectivity index (χ2n) is 5.92. The predicted octanol–water partition coefficient (Wildman–Crippen LogP) is 2.91. The predicted molar refractivity (Wildman–Crippen MR) is 97.4 cm³/mol. The summed E-state index contributed by atoms with van der Waals surface area (Å²) in [6.07, 6.45) is 2.12. The van der Waals surface area contributed by atoms with Crippen molar-refractivity contribution in [2.24, 2.45) is 0 Å². The highest BCUT2D eigenvalue weighted by Crippen LogP contribution is 2.16. The van der Waals surface area contributed by atoms with Crippen molar-refractivity contribution in [3.63, 3.8) is 0 Å². The zero-order valence-electron chi connectivity index (χ0n) is 14.7. The fourth-order valence-corrected chi connectivity index (χ4v) is 2.97. The number of carbonyl (C=O) groups excluding carboxylic acids is 1. The molecule has 0 aromatic heterocycles. The summed E-state index contributed by atoms with van der Waals surface area (Å²) < 4.78 is 28.4. The molecule has 25 heavy (non-hydrogen) atoms. The summed E-state index contributed by atoms with van der Waals surface area (Å²) >= 11 is 0. The quantitative estimate of drug-likeness (QED) is 0.823. The van der Waals surface area contributed by atoms with Gasteiger partial charge < -0.3 is 10.1 Å². The van der Waals surface area contributed by atoms with Crippen LogP contribution < -0.4 is 10.1 Å². The van der Waals surface area contributed by atoms with Crippen LogP contribution in [-0.4, -0.2) is 27.2 Å². The van der Waals surface area contributed by atoms with Gasteiger partial charge in [-0.3, -0.25) is 4.79 Å². The molecule has 1 atom stereocenters. The Morgan fingerprint density at radius 2 is 1.68 bits per heavy atom. The molecule has 0 radical (unpaired) electrons. The van der Waals surface area contributed by atoms with E-state index in [2.05, 4.69) is 12.2 Å². The van der Waals surface area contributed by atoms with E-state index in [4.69, 9.17) is 4.74 Å². The topological polar surface area (TPSA) is 72.5 Å². The molecule has 0 aliphatic rings. The Hall–Kier alpha value is -2.34. The maximum atomic E-state index is 12.0. The van der Waals surface area contributed by atoms with Gasteiger partial charge in [-0.1, -0.05) is 31.2 Å². The average molecular weight is 361 g/mol. The van der Waals surface area contributed by atoms with Crippen molar-refractivity contribution < 1.29 is 17.9 Å². The first-order valence-corrected chi connectivity index (χ1v) is 10.00. The molecule has 0 bridgehead atoms. The van der Waals surface area contributed by atoms with E-state index in [9.17, 15) is 13.2 Å². The Kier molecular flexibility index (Phi) is 6.20. The molecule has 0 saturated carbocycles. The Balaban J connectivity index is 1.88. The first kappa shape index (κ1) is 19.0. The SMILES string of the molecule is CCc1ccc(OCC(=O)N[C@H](C)c2ccc(S(C)(=O)=O)cc2)cc1. The minimum Gasteiger partial charge on any atom is -0.484 e. The maximum Gasteiger partial charge on any atom is 0.258 e. The third kappa shape index (κ3) is 5.60. The molecule has 2 aromatic carbocycles. The highest BCUT2D eigenvalue weighted by Gasteiger charge is 2.12. The molecule has 0 unspecified atom stereocenters. The summed E-state index contributed by atoms with van der Waals surface area (Å²) in [6.45, 7) is 3.84. The average Bonchev–Trinajstić information content (AvgIpc) is 2.59. The first-order chi connectivity index (χ1) is 11.8. The third-order valence-corrected chi connectivity index (χ3v) is 5.02. The van der Waals surface area contributed by atoms with Gasteiger partial charge >= 0.3 is 0 Å². The molecule has 0 aliphatic heterocycles. The van der Waals surface area contributed by atoms with Crippen molar-refractivity contribution >= 4 is 15.7 Å². The number of hydrogen-bond acceptors (Lipinski definition) is 4. The van der Waals surface area contributed by atoms with Crippen LogP contribution in [0.3, 0.4) is 0 Å². The number of nitrogens with one attached hydrogen (secondary N) is 1. The van der Waals surface area contributed by atoms with Crippen LogP contribution in [0, 0.1) is 0 Å². The lowest BCUT2D eigenvalue weighted by Gasteiger charge is -2.15. The van der Waals surface area contributed by atoms with E-state index in [1.54, 1.807) is 24.3 Å². The molecule has 1 N–H and O–H groups in total. The molecule has 0 aliphatic carbocycles. The minimum atomic E-state index is -3.22. The molecule has 1 amide bonds. The fourth-order valence-electron chi connectivity index (χ4n) is 2.34. The first-order valence-electron chi connectivity index (χ1n) is 8.10. The Morgan fingerprint density at radius 1 is 1.08 bits per heavy atom. The Labute approximate surface area is 148 Å². The van der Waals surface area contributed by atoms with Gasteiger partial charge in [0.15, 0.2) is 16.4 Å². The Morgan fingerprint density at radius 3 is 2.20 bits per heavy atom. The number of carbonyl (C=O) groups is 1. The number of benzene rings is 2. The summed E-state index contributed by atoms with van der Waals surface area (Å²) in [7, 11) is -3.22. The Bertz CT molecular complexity index is 812. The van der Waals surface area contributed by atoms with Crippen molar-refractivity contribution in [2.45, 2.75) is 31.2 Å². The van der Waals surface area contributed by atoms with Crippen LogP contribution in [0.2, 0.25) is 0 Å². The lowest BCUT2D eigenvalue weighted by Crippen LogP contribution is -2.31. The number of ether oxygens (including phenoxy) is 1. The molecule has 6 heteroatoms. The van der Waals surface area contributed by atoms with Crippen LogP contribution in [0.25, 0.3) is 0 Å². The van der Waals surface area contributed by atoms with Gasteiger partial charge in [0.2, 0.25) is 0 Å². The van der Waals surface area contributed by atoms with E-state index in [-0.39, 0.29) is 23.5 Å². The molecule has 5 nitrogen and oxygen atoms in total. The van der Waals surface area contributed by atoms with Crippen molar-refractivity contribution in [3.8, 4) is 5.75 Å². The maximum absolute atomic E-state index is 12.0. The van der Waals surface area contributed by atoms with E-state index < -0.39 is 9.84 Å². The number of hydrogen-bond donors (Lipinski definition) is 1. The van der Waals surface area contributed by atoms with Gasteiger partial charge in [-0.2, -0.15) is 0 Å². The molecule has 0 spiro atoms. The van der Waals surface area contributed by atoms with Gasteiger partial charge in [0, 0.05) is 6.26 Å². The van der Waals surface area contributed by atoms with E-state index in [0.717, 1.165) is 18.2 Å². The van der Waals surface area contributed by atoms with E-state index in [1.165, 1.54) is 5.56 Å². The molecule has 0 saturated heterocycles. The molecular formula is C19H23NO4S. The van der Waals surface area contributed by atoms with Crippen LogP contribution in [-0.2, 0) is 21.1 Å². The summed E-state index contributed by atoms with van der Waals surface area (Å²) in [6, 6.07) is 13.9. The highest BCUT2D eigenvalue weighted by atomic mass is 32.2. The van der Waals surface area contributed by atoms with Gasteiger partial charge in [-0.05, 0) is 48.7 Å². The monoisotopic (exact) mass is 361 g/mol. The molecule has 134 valence electrons. The van der Waals surface area contributed by atoms with Crippen molar-refractivity contribution in [1.82, 2.24) is 5.32 Å². The number of sulfone groups is 1. The summed E-state index contributed by atoms with van der Waals surface area (Å²) in [5.41, 5.74) is 2.04. The van der Waals surface area contributed by atoms with E-state index >= 15 is 0 Å². The summed E-state index contributed by atoms with van der Waals surface area (Å²) in [5, 5.41) is 2.83. The van der Waals surface area contributed by atoms with Crippen molar-refractivity contribution in [2.75, 3.05) is 12.9 Å². The summed E-state index contributed by atoms with van der Waals surface area (Å²) in [4.78, 5) is 12.3. The smallest absolute Gasteiger partial charge is 0.258 e. The van der Waals surface area contributed by atoms with Crippen molar-refractivity contribution in [1.29, 1.82) is 0 Å². The second-order valence-corrected chi connectivity index (χ2v) is 7.93. The van der Waals surface area contributed by atoms with Gasteiger partial charge in [0.05, 0.1) is 10.9 Å². The standard InChI is InChI=1S/C19H23NO4S/c1-4-15-5-9-17(10-6-15)24-13-19(21)20-14(2)16-7-11-18(12-8-16)25(3,22)23/h5-12,14H,4,13H2,1-3H3,(H,20,21)/t14-/m1/s1. The number of amides is 1. The zero-order valence-corrected chi connectivity index (χ0v) is 15.5.